The van der Waals surface area contributed by atoms with E-state index in [1.54, 1.807) is 12.3 Å². The van der Waals surface area contributed by atoms with E-state index in [0.717, 1.165) is 38.5 Å². The fourth-order valence-electron chi connectivity index (χ4n) is 3.29. The van der Waals surface area contributed by atoms with Crippen LogP contribution >= 0.6 is 0 Å². The van der Waals surface area contributed by atoms with Crippen LogP contribution in [0.4, 0.5) is 5.69 Å². The van der Waals surface area contributed by atoms with Crippen LogP contribution in [0.3, 0.4) is 0 Å². The molecule has 0 radical (unpaired) electrons. The molecule has 134 valence electrons. The summed E-state index contributed by atoms with van der Waals surface area (Å²) in [7, 11) is 0. The molecule has 1 amide bonds. The van der Waals surface area contributed by atoms with Gasteiger partial charge in [-0.3, -0.25) is 4.79 Å². The Kier molecular flexibility index (Phi) is 7.03. The summed E-state index contributed by atoms with van der Waals surface area (Å²) in [4.78, 5) is 17.1. The zero-order valence-corrected chi connectivity index (χ0v) is 15.1. The number of anilines is 1. The van der Waals surface area contributed by atoms with Crippen molar-refractivity contribution < 1.29 is 14.3 Å². The van der Waals surface area contributed by atoms with E-state index >= 15 is 0 Å². The average Bonchev–Trinajstić information content (AvgIpc) is 2.57. The first-order valence-corrected chi connectivity index (χ1v) is 9.14. The smallest absolute Gasteiger partial charge is 0.256 e. The Balaban J connectivity index is 1.98. The molecule has 2 atom stereocenters. The first-order valence-electron chi connectivity index (χ1n) is 9.14. The first-order chi connectivity index (χ1) is 11.6. The highest BCUT2D eigenvalue weighted by Crippen LogP contribution is 2.36. The van der Waals surface area contributed by atoms with Crippen molar-refractivity contribution in [1.82, 2.24) is 4.98 Å². The van der Waals surface area contributed by atoms with Crippen LogP contribution < -0.4 is 10.1 Å². The monoisotopic (exact) mass is 334 g/mol. The zero-order valence-electron chi connectivity index (χ0n) is 15.1. The number of unbranched alkanes of at least 4 members (excludes halogenated alkanes) is 1. The van der Waals surface area contributed by atoms with Crippen molar-refractivity contribution in [3.63, 3.8) is 0 Å². The first kappa shape index (κ1) is 18.7. The van der Waals surface area contributed by atoms with Gasteiger partial charge in [-0.1, -0.05) is 26.7 Å². The normalized spacial score (nSPS) is 23.7. The van der Waals surface area contributed by atoms with E-state index in [0.29, 0.717) is 30.7 Å². The number of ether oxygens (including phenoxy) is 2. The van der Waals surface area contributed by atoms with Crippen molar-refractivity contribution in [3.8, 4) is 5.88 Å². The topological polar surface area (TPSA) is 60.5 Å². The van der Waals surface area contributed by atoms with E-state index < -0.39 is 5.60 Å². The summed E-state index contributed by atoms with van der Waals surface area (Å²) in [6, 6.07) is 3.63. The van der Waals surface area contributed by atoms with Crippen molar-refractivity contribution in [2.24, 2.45) is 5.92 Å². The van der Waals surface area contributed by atoms with Gasteiger partial charge in [0.1, 0.15) is 5.60 Å². The number of carbonyl (C=O) groups is 1. The minimum atomic E-state index is -0.706. The summed E-state index contributed by atoms with van der Waals surface area (Å²) in [6.07, 6.45) is 7.48. The van der Waals surface area contributed by atoms with Gasteiger partial charge in [0.15, 0.2) is 0 Å². The quantitative estimate of drug-likeness (QED) is 0.724. The molecule has 24 heavy (non-hydrogen) atoms. The zero-order chi connectivity index (χ0) is 17.4. The van der Waals surface area contributed by atoms with Crippen molar-refractivity contribution in [2.75, 3.05) is 18.5 Å². The second-order valence-corrected chi connectivity index (χ2v) is 6.67. The summed E-state index contributed by atoms with van der Waals surface area (Å²) in [6.45, 7) is 7.46. The molecule has 5 heteroatoms. The van der Waals surface area contributed by atoms with E-state index in [1.807, 2.05) is 13.0 Å². The summed E-state index contributed by atoms with van der Waals surface area (Å²) in [5, 5.41) is 2.97. The number of hydrogen-bond donors (Lipinski definition) is 1. The second-order valence-electron chi connectivity index (χ2n) is 6.67. The maximum Gasteiger partial charge on any atom is 0.256 e. The van der Waals surface area contributed by atoms with Gasteiger partial charge < -0.3 is 14.8 Å². The molecule has 2 unspecified atom stereocenters. The van der Waals surface area contributed by atoms with E-state index in [-0.39, 0.29) is 5.91 Å². The van der Waals surface area contributed by atoms with Gasteiger partial charge in [0, 0.05) is 12.7 Å². The number of carbonyl (C=O) groups excluding carboxylic acids is 1. The van der Waals surface area contributed by atoms with Gasteiger partial charge >= 0.3 is 0 Å². The van der Waals surface area contributed by atoms with Gasteiger partial charge in [0.2, 0.25) is 5.88 Å². The summed E-state index contributed by atoms with van der Waals surface area (Å²) in [5.41, 5.74) is -0.0250. The van der Waals surface area contributed by atoms with E-state index in [1.165, 1.54) is 0 Å². The summed E-state index contributed by atoms with van der Waals surface area (Å²) < 4.78 is 11.5. The molecule has 0 bridgehead atoms. The number of nitrogens with one attached hydrogen (secondary N) is 1. The lowest BCUT2D eigenvalue weighted by atomic mass is 9.78. The number of nitrogens with zero attached hydrogens (tertiary/aromatic N) is 1. The molecular formula is C19H30N2O3. The van der Waals surface area contributed by atoms with Gasteiger partial charge in [-0.05, 0) is 44.6 Å². The highest BCUT2D eigenvalue weighted by molar-refractivity contribution is 5.97. The highest BCUT2D eigenvalue weighted by atomic mass is 16.5. The molecule has 5 nitrogen and oxygen atoms in total. The number of aromatic nitrogens is 1. The second kappa shape index (κ2) is 9.02. The average molecular weight is 334 g/mol. The van der Waals surface area contributed by atoms with Crippen molar-refractivity contribution in [1.29, 1.82) is 0 Å². The maximum absolute atomic E-state index is 12.8. The van der Waals surface area contributed by atoms with Crippen LogP contribution in [-0.2, 0) is 9.53 Å². The van der Waals surface area contributed by atoms with Gasteiger partial charge in [0.25, 0.3) is 5.91 Å². The Labute approximate surface area is 145 Å². The van der Waals surface area contributed by atoms with Crippen LogP contribution in [0.25, 0.3) is 0 Å². The molecule has 1 heterocycles. The molecule has 0 saturated heterocycles. The Morgan fingerprint density at radius 1 is 1.42 bits per heavy atom. The number of pyridine rings is 1. The standard InChI is InChI=1S/C19H30N2O3/c1-4-6-12-23-17-10-9-16(14-20-17)21-18(22)19(24-5-2)11-7-8-15(3)13-19/h9-10,14-15H,4-8,11-13H2,1-3H3,(H,21,22). The van der Waals surface area contributed by atoms with Crippen LogP contribution in [0.1, 0.15) is 59.3 Å². The van der Waals surface area contributed by atoms with Gasteiger partial charge in [0.05, 0.1) is 18.5 Å². The molecule has 1 aromatic rings. The van der Waals surface area contributed by atoms with Crippen LogP contribution in [0.2, 0.25) is 0 Å². The largest absolute Gasteiger partial charge is 0.478 e. The number of amides is 1. The Hall–Kier alpha value is -1.62. The SMILES string of the molecule is CCCCOc1ccc(NC(=O)C2(OCC)CCCC(C)C2)cn1. The van der Waals surface area contributed by atoms with Crippen molar-refractivity contribution in [2.45, 2.75) is 64.9 Å². The number of hydrogen-bond acceptors (Lipinski definition) is 4. The van der Waals surface area contributed by atoms with Crippen LogP contribution in [-0.4, -0.2) is 29.7 Å². The van der Waals surface area contributed by atoms with Gasteiger partial charge in [-0.25, -0.2) is 4.98 Å². The lowest BCUT2D eigenvalue weighted by Crippen LogP contribution is -2.48. The van der Waals surface area contributed by atoms with Crippen LogP contribution in [0, 0.1) is 5.92 Å². The third-order valence-corrected chi connectivity index (χ3v) is 4.53. The maximum atomic E-state index is 12.8. The number of rotatable bonds is 8. The molecule has 1 fully saturated rings. The third kappa shape index (κ3) is 4.94. The third-order valence-electron chi connectivity index (χ3n) is 4.53. The van der Waals surface area contributed by atoms with Gasteiger partial charge in [-0.2, -0.15) is 0 Å². The lowest BCUT2D eigenvalue weighted by molar-refractivity contribution is -0.147. The fraction of sp³-hybridized carbons (Fsp3) is 0.684. The fourth-order valence-corrected chi connectivity index (χ4v) is 3.29. The minimum absolute atomic E-state index is 0.0580. The van der Waals surface area contributed by atoms with E-state index in [9.17, 15) is 4.79 Å². The molecule has 0 aliphatic heterocycles. The molecular weight excluding hydrogens is 304 g/mol. The highest BCUT2D eigenvalue weighted by Gasteiger charge is 2.42. The molecule has 1 saturated carbocycles. The van der Waals surface area contributed by atoms with E-state index in [2.05, 4.69) is 24.1 Å². The molecule has 1 aliphatic carbocycles. The molecule has 2 rings (SSSR count). The molecule has 1 aromatic heterocycles. The van der Waals surface area contributed by atoms with Crippen LogP contribution in [0.15, 0.2) is 18.3 Å². The summed E-state index contributed by atoms with van der Waals surface area (Å²) in [5.74, 6) is 1.04. The predicted octanol–water partition coefficient (Wildman–Crippen LogP) is 4.18. The Bertz CT molecular complexity index is 514. The minimum Gasteiger partial charge on any atom is -0.478 e. The Morgan fingerprint density at radius 3 is 2.88 bits per heavy atom. The lowest BCUT2D eigenvalue weighted by Gasteiger charge is -2.38. The van der Waals surface area contributed by atoms with E-state index in [4.69, 9.17) is 9.47 Å². The van der Waals surface area contributed by atoms with Crippen molar-refractivity contribution >= 4 is 11.6 Å². The molecule has 0 aromatic carbocycles. The molecule has 0 spiro atoms. The van der Waals surface area contributed by atoms with Crippen molar-refractivity contribution in [3.05, 3.63) is 18.3 Å². The molecule has 1 aliphatic rings. The predicted molar refractivity (Wildman–Crippen MR) is 95.3 cm³/mol. The molecule has 1 N–H and O–H groups in total. The van der Waals surface area contributed by atoms with Crippen LogP contribution in [0.5, 0.6) is 5.88 Å². The Morgan fingerprint density at radius 2 is 2.25 bits per heavy atom. The van der Waals surface area contributed by atoms with Gasteiger partial charge in [-0.15, -0.1) is 0 Å². The summed E-state index contributed by atoms with van der Waals surface area (Å²) >= 11 is 0.